The number of benzene rings is 3. The summed E-state index contributed by atoms with van der Waals surface area (Å²) in [5.74, 6) is 0.824. The van der Waals surface area contributed by atoms with Gasteiger partial charge in [0, 0.05) is 0 Å². The van der Waals surface area contributed by atoms with Crippen LogP contribution in [0.5, 0.6) is 5.75 Å². The lowest BCUT2D eigenvalue weighted by Gasteiger charge is -2.14. The molecule has 1 atom stereocenters. The van der Waals surface area contributed by atoms with Crippen molar-refractivity contribution >= 4 is 0 Å². The molecular weight excluding hydrogens is 388 g/mol. The van der Waals surface area contributed by atoms with Gasteiger partial charge in [0.25, 0.3) is 0 Å². The maximum atomic E-state index is 9.77. The van der Waals surface area contributed by atoms with Crippen molar-refractivity contribution < 1.29 is 20.1 Å². The lowest BCUT2D eigenvalue weighted by Crippen LogP contribution is -2.05. The van der Waals surface area contributed by atoms with E-state index in [2.05, 4.69) is 37.3 Å². The highest BCUT2D eigenvalue weighted by molar-refractivity contribution is 5.70. The Morgan fingerprint density at radius 3 is 2.26 bits per heavy atom. The third-order valence-electron chi connectivity index (χ3n) is 5.79. The van der Waals surface area contributed by atoms with Gasteiger partial charge in [0.15, 0.2) is 0 Å². The van der Waals surface area contributed by atoms with Crippen molar-refractivity contribution in [1.29, 1.82) is 0 Å². The first kappa shape index (κ1) is 23.0. The zero-order valence-electron chi connectivity index (χ0n) is 18.3. The number of aliphatic hydroxyl groups is 3. The van der Waals surface area contributed by atoms with Gasteiger partial charge in [-0.05, 0) is 77.3 Å². The average molecular weight is 421 g/mol. The summed E-state index contributed by atoms with van der Waals surface area (Å²) >= 11 is 0. The van der Waals surface area contributed by atoms with Crippen LogP contribution in [-0.2, 0) is 26.2 Å². The fraction of sp³-hybridized carbons (Fsp3) is 0.333. The molecule has 0 aliphatic carbocycles. The first-order chi connectivity index (χ1) is 15.0. The van der Waals surface area contributed by atoms with E-state index in [0.717, 1.165) is 58.4 Å². The molecule has 0 saturated carbocycles. The van der Waals surface area contributed by atoms with Gasteiger partial charge in [-0.3, -0.25) is 0 Å². The van der Waals surface area contributed by atoms with Gasteiger partial charge in [-0.25, -0.2) is 0 Å². The number of hydrogen-bond acceptors (Lipinski definition) is 4. The summed E-state index contributed by atoms with van der Waals surface area (Å²) in [7, 11) is 0. The molecule has 0 radical (unpaired) electrons. The monoisotopic (exact) mass is 420 g/mol. The summed E-state index contributed by atoms with van der Waals surface area (Å²) in [6.45, 7) is 4.26. The third-order valence-corrected chi connectivity index (χ3v) is 5.79. The lowest BCUT2D eigenvalue weighted by atomic mass is 9.97. The fourth-order valence-electron chi connectivity index (χ4n) is 3.70. The molecule has 4 heteroatoms. The molecule has 3 aromatic carbocycles. The van der Waals surface area contributed by atoms with Crippen LogP contribution in [0, 0.1) is 6.92 Å². The molecule has 3 N–H and O–H groups in total. The quantitative estimate of drug-likeness (QED) is 0.435. The number of hydrogen-bond donors (Lipinski definition) is 3. The van der Waals surface area contributed by atoms with Crippen LogP contribution in [0.15, 0.2) is 60.7 Å². The van der Waals surface area contributed by atoms with Crippen molar-refractivity contribution in [2.75, 3.05) is 0 Å². The highest BCUT2D eigenvalue weighted by Gasteiger charge is 2.09. The molecule has 0 amide bonds. The number of rotatable bonds is 10. The van der Waals surface area contributed by atoms with Crippen LogP contribution in [0.2, 0.25) is 0 Å². The van der Waals surface area contributed by atoms with Crippen molar-refractivity contribution in [3.05, 3.63) is 88.5 Å². The number of ether oxygens (including phenoxy) is 1. The van der Waals surface area contributed by atoms with Gasteiger partial charge in [-0.1, -0.05) is 55.5 Å². The van der Waals surface area contributed by atoms with E-state index in [-0.39, 0.29) is 19.3 Å². The lowest BCUT2D eigenvalue weighted by molar-refractivity contribution is 0.160. The molecule has 0 aliphatic heterocycles. The summed E-state index contributed by atoms with van der Waals surface area (Å²) < 4.78 is 6.09. The SMILES string of the molecule is CCC(O)CCc1ccc(-c2cccc(OCc3ccc(CO)c(CO)c3)c2C)cc1. The molecule has 0 spiro atoms. The van der Waals surface area contributed by atoms with Gasteiger partial charge >= 0.3 is 0 Å². The maximum absolute atomic E-state index is 9.77. The van der Waals surface area contributed by atoms with Crippen LogP contribution in [0.25, 0.3) is 11.1 Å². The second-order valence-corrected chi connectivity index (χ2v) is 7.93. The van der Waals surface area contributed by atoms with Gasteiger partial charge in [0.1, 0.15) is 12.4 Å². The first-order valence-corrected chi connectivity index (χ1v) is 10.9. The van der Waals surface area contributed by atoms with Gasteiger partial charge in [0.2, 0.25) is 0 Å². The van der Waals surface area contributed by atoms with E-state index in [4.69, 9.17) is 4.74 Å². The summed E-state index contributed by atoms with van der Waals surface area (Å²) in [6.07, 6.45) is 2.22. The Morgan fingerprint density at radius 2 is 1.58 bits per heavy atom. The molecular formula is C27H32O4. The second kappa shape index (κ2) is 11.1. The molecule has 0 aromatic heterocycles. The van der Waals surface area contributed by atoms with E-state index in [1.54, 1.807) is 0 Å². The van der Waals surface area contributed by atoms with Crippen LogP contribution in [0.3, 0.4) is 0 Å². The van der Waals surface area contributed by atoms with E-state index in [0.29, 0.717) is 6.61 Å². The molecule has 0 saturated heterocycles. The van der Waals surface area contributed by atoms with Crippen LogP contribution >= 0.6 is 0 Å². The predicted molar refractivity (Wildman–Crippen MR) is 124 cm³/mol. The van der Waals surface area contributed by atoms with Crippen molar-refractivity contribution in [3.63, 3.8) is 0 Å². The van der Waals surface area contributed by atoms with Crippen molar-refractivity contribution in [2.45, 2.75) is 59.0 Å². The third kappa shape index (κ3) is 5.95. The Labute approximate surface area is 184 Å². The second-order valence-electron chi connectivity index (χ2n) is 7.93. The zero-order chi connectivity index (χ0) is 22.2. The Kier molecular flexibility index (Phi) is 8.24. The van der Waals surface area contributed by atoms with Crippen LogP contribution in [0.4, 0.5) is 0 Å². The van der Waals surface area contributed by atoms with Crippen LogP contribution in [-0.4, -0.2) is 21.4 Å². The van der Waals surface area contributed by atoms with Crippen molar-refractivity contribution in [1.82, 2.24) is 0 Å². The normalized spacial score (nSPS) is 12.0. The maximum Gasteiger partial charge on any atom is 0.123 e. The minimum absolute atomic E-state index is 0.0871. The molecule has 31 heavy (non-hydrogen) atoms. The van der Waals surface area contributed by atoms with E-state index in [9.17, 15) is 15.3 Å². The first-order valence-electron chi connectivity index (χ1n) is 10.9. The summed E-state index contributed by atoms with van der Waals surface area (Å²) in [4.78, 5) is 0. The van der Waals surface area contributed by atoms with Gasteiger partial charge < -0.3 is 20.1 Å². The van der Waals surface area contributed by atoms with Crippen LogP contribution in [0.1, 0.15) is 47.6 Å². The van der Waals surface area contributed by atoms with E-state index < -0.39 is 0 Å². The Hall–Kier alpha value is -2.66. The molecule has 164 valence electrons. The molecule has 0 bridgehead atoms. The summed E-state index contributed by atoms with van der Waals surface area (Å²) in [5, 5.41) is 28.6. The molecule has 0 aliphatic rings. The van der Waals surface area contributed by atoms with E-state index in [1.807, 2.05) is 37.3 Å². The molecule has 1 unspecified atom stereocenters. The van der Waals surface area contributed by atoms with Gasteiger partial charge in [-0.15, -0.1) is 0 Å². The standard InChI is InChI=1S/C27H32O4/c1-3-25(30)14-10-20-7-11-22(12-8-20)26-5-4-6-27(19(26)2)31-18-21-9-13-23(16-28)24(15-21)17-29/h4-9,11-13,15,25,28-30H,3,10,14,16-18H2,1-2H3. The Bertz CT molecular complexity index is 979. The molecule has 0 heterocycles. The van der Waals surface area contributed by atoms with Crippen molar-refractivity contribution in [3.8, 4) is 16.9 Å². The zero-order valence-corrected chi connectivity index (χ0v) is 18.3. The molecule has 0 fully saturated rings. The van der Waals surface area contributed by atoms with Crippen molar-refractivity contribution in [2.24, 2.45) is 0 Å². The topological polar surface area (TPSA) is 69.9 Å². The molecule has 4 nitrogen and oxygen atoms in total. The van der Waals surface area contributed by atoms with Crippen LogP contribution < -0.4 is 4.74 Å². The largest absolute Gasteiger partial charge is 0.489 e. The van der Waals surface area contributed by atoms with Gasteiger partial charge in [-0.2, -0.15) is 0 Å². The van der Waals surface area contributed by atoms with E-state index in [1.165, 1.54) is 5.56 Å². The summed E-state index contributed by atoms with van der Waals surface area (Å²) in [5.41, 5.74) is 6.97. The predicted octanol–water partition coefficient (Wildman–Crippen LogP) is 4.93. The highest BCUT2D eigenvalue weighted by atomic mass is 16.5. The smallest absolute Gasteiger partial charge is 0.123 e. The summed E-state index contributed by atoms with van der Waals surface area (Å²) in [6, 6.07) is 20.2. The van der Waals surface area contributed by atoms with Gasteiger partial charge in [0.05, 0.1) is 19.3 Å². The Morgan fingerprint density at radius 1 is 0.871 bits per heavy atom. The minimum Gasteiger partial charge on any atom is -0.489 e. The molecule has 3 aromatic rings. The fourth-order valence-corrected chi connectivity index (χ4v) is 3.70. The number of aliphatic hydroxyl groups excluding tert-OH is 3. The number of aryl methyl sites for hydroxylation is 1. The highest BCUT2D eigenvalue weighted by Crippen LogP contribution is 2.31. The Balaban J connectivity index is 1.71. The molecule has 3 rings (SSSR count). The minimum atomic E-state index is -0.232. The van der Waals surface area contributed by atoms with E-state index >= 15 is 0 Å². The average Bonchev–Trinajstić information content (AvgIpc) is 2.82.